The number of carbonyl (C=O) groups is 1. The zero-order chi connectivity index (χ0) is 13.4. The maximum absolute atomic E-state index is 11.3. The van der Waals surface area contributed by atoms with Crippen molar-refractivity contribution >= 4 is 32.8 Å². The Morgan fingerprint density at radius 3 is 3.05 bits per heavy atom. The van der Waals surface area contributed by atoms with Crippen LogP contribution in [0.2, 0.25) is 0 Å². The molecule has 4 nitrogen and oxygen atoms in total. The second kappa shape index (κ2) is 4.90. The lowest BCUT2D eigenvalue weighted by molar-refractivity contribution is -0.143. The summed E-state index contributed by atoms with van der Waals surface area (Å²) in [5, 5.41) is 10.2. The van der Waals surface area contributed by atoms with Crippen LogP contribution in [0.4, 0.5) is 0 Å². The van der Waals surface area contributed by atoms with Gasteiger partial charge < -0.3 is 9.84 Å². The van der Waals surface area contributed by atoms with Crippen LogP contribution in [-0.2, 0) is 9.53 Å². The third kappa shape index (κ3) is 2.13. The van der Waals surface area contributed by atoms with Crippen molar-refractivity contribution in [2.45, 2.75) is 12.5 Å². The van der Waals surface area contributed by atoms with Gasteiger partial charge in [-0.3, -0.25) is 9.78 Å². The van der Waals surface area contributed by atoms with Gasteiger partial charge in [0.05, 0.1) is 17.5 Å². The molecule has 1 N–H and O–H groups in total. The Bertz CT molecular complexity index is 644. The van der Waals surface area contributed by atoms with Gasteiger partial charge in [0.15, 0.2) is 0 Å². The number of aromatic nitrogens is 1. The van der Waals surface area contributed by atoms with Crippen LogP contribution in [0.3, 0.4) is 0 Å². The SMILES string of the molecule is O=C(O)C1CCOC1c1ccc(Br)c2cccnc12. The van der Waals surface area contributed by atoms with Gasteiger partial charge >= 0.3 is 5.97 Å². The molecule has 0 saturated carbocycles. The molecule has 0 aliphatic carbocycles. The first-order valence-corrected chi connectivity index (χ1v) is 6.85. The maximum Gasteiger partial charge on any atom is 0.309 e. The normalized spacial score (nSPS) is 22.8. The fourth-order valence-corrected chi connectivity index (χ4v) is 2.99. The lowest BCUT2D eigenvalue weighted by atomic mass is 9.94. The highest BCUT2D eigenvalue weighted by atomic mass is 79.9. The Morgan fingerprint density at radius 2 is 2.26 bits per heavy atom. The molecule has 0 bridgehead atoms. The molecule has 98 valence electrons. The Balaban J connectivity index is 2.15. The molecule has 1 aromatic heterocycles. The van der Waals surface area contributed by atoms with E-state index in [2.05, 4.69) is 20.9 Å². The van der Waals surface area contributed by atoms with Crippen LogP contribution in [0.1, 0.15) is 18.1 Å². The van der Waals surface area contributed by atoms with Crippen molar-refractivity contribution in [3.63, 3.8) is 0 Å². The number of rotatable bonds is 2. The lowest BCUT2D eigenvalue weighted by Gasteiger charge is -2.17. The molecular formula is C14H12BrNO3. The molecule has 19 heavy (non-hydrogen) atoms. The van der Waals surface area contributed by atoms with Crippen LogP contribution in [0.5, 0.6) is 0 Å². The minimum absolute atomic E-state index is 0.414. The largest absolute Gasteiger partial charge is 0.481 e. The predicted octanol–water partition coefficient (Wildman–Crippen LogP) is 3.16. The number of pyridine rings is 1. The summed E-state index contributed by atoms with van der Waals surface area (Å²) in [4.78, 5) is 15.7. The predicted molar refractivity (Wildman–Crippen MR) is 73.9 cm³/mol. The van der Waals surface area contributed by atoms with E-state index in [0.717, 1.165) is 20.9 Å². The average molecular weight is 322 g/mol. The Labute approximate surface area is 118 Å². The summed E-state index contributed by atoms with van der Waals surface area (Å²) in [6, 6.07) is 7.63. The van der Waals surface area contributed by atoms with Crippen molar-refractivity contribution in [3.8, 4) is 0 Å². The summed E-state index contributed by atoms with van der Waals surface area (Å²) in [6.07, 6.45) is 1.84. The number of ether oxygens (including phenoxy) is 1. The van der Waals surface area contributed by atoms with E-state index in [-0.39, 0.29) is 0 Å². The number of benzene rings is 1. The first kappa shape index (κ1) is 12.6. The lowest BCUT2D eigenvalue weighted by Crippen LogP contribution is -2.18. The molecule has 1 aromatic carbocycles. The average Bonchev–Trinajstić information content (AvgIpc) is 2.89. The van der Waals surface area contributed by atoms with Crippen LogP contribution in [0, 0.1) is 5.92 Å². The van der Waals surface area contributed by atoms with Crippen molar-refractivity contribution in [1.29, 1.82) is 0 Å². The smallest absolute Gasteiger partial charge is 0.309 e. The summed E-state index contributed by atoms with van der Waals surface area (Å²) in [5.74, 6) is -1.30. The molecule has 1 saturated heterocycles. The van der Waals surface area contributed by atoms with E-state index in [4.69, 9.17) is 4.74 Å². The van der Waals surface area contributed by atoms with Gasteiger partial charge in [0.25, 0.3) is 0 Å². The first-order chi connectivity index (χ1) is 9.18. The molecule has 1 aliphatic heterocycles. The zero-order valence-electron chi connectivity index (χ0n) is 10.0. The van der Waals surface area contributed by atoms with Crippen LogP contribution < -0.4 is 0 Å². The fraction of sp³-hybridized carbons (Fsp3) is 0.286. The monoisotopic (exact) mass is 321 g/mol. The highest BCUT2D eigenvalue weighted by Crippen LogP contribution is 2.38. The number of fused-ring (bicyclic) bond motifs is 1. The molecule has 0 spiro atoms. The van der Waals surface area contributed by atoms with E-state index in [1.807, 2.05) is 24.3 Å². The molecule has 1 aliphatic rings. The minimum atomic E-state index is -0.811. The van der Waals surface area contributed by atoms with Crippen molar-refractivity contribution in [2.24, 2.45) is 5.92 Å². The van der Waals surface area contributed by atoms with Crippen molar-refractivity contribution in [1.82, 2.24) is 4.98 Å². The van der Waals surface area contributed by atoms with E-state index in [1.165, 1.54) is 0 Å². The molecule has 0 amide bonds. The number of hydrogen-bond acceptors (Lipinski definition) is 3. The first-order valence-electron chi connectivity index (χ1n) is 6.06. The van der Waals surface area contributed by atoms with Crippen molar-refractivity contribution in [3.05, 3.63) is 40.5 Å². The second-order valence-corrected chi connectivity index (χ2v) is 5.42. The third-order valence-electron chi connectivity index (χ3n) is 3.46. The summed E-state index contributed by atoms with van der Waals surface area (Å²) >= 11 is 3.49. The van der Waals surface area contributed by atoms with Gasteiger partial charge in [-0.25, -0.2) is 0 Å². The number of nitrogens with zero attached hydrogens (tertiary/aromatic N) is 1. The molecule has 2 heterocycles. The Hall–Kier alpha value is -1.46. The van der Waals surface area contributed by atoms with E-state index >= 15 is 0 Å². The molecular weight excluding hydrogens is 310 g/mol. The Morgan fingerprint density at radius 1 is 1.42 bits per heavy atom. The number of hydrogen-bond donors (Lipinski definition) is 1. The zero-order valence-corrected chi connectivity index (χ0v) is 11.6. The Kier molecular flexibility index (Phi) is 3.24. The highest BCUT2D eigenvalue weighted by Gasteiger charge is 2.36. The number of aliphatic carboxylic acids is 1. The number of halogens is 1. The van der Waals surface area contributed by atoms with Crippen LogP contribution in [-0.4, -0.2) is 22.7 Å². The summed E-state index contributed by atoms with van der Waals surface area (Å²) in [5.41, 5.74) is 1.65. The number of carboxylic acids is 1. The molecule has 2 atom stereocenters. The summed E-state index contributed by atoms with van der Waals surface area (Å²) in [7, 11) is 0. The molecule has 2 aromatic rings. The van der Waals surface area contributed by atoms with Crippen LogP contribution in [0.15, 0.2) is 34.9 Å². The van der Waals surface area contributed by atoms with Crippen molar-refractivity contribution in [2.75, 3.05) is 6.61 Å². The minimum Gasteiger partial charge on any atom is -0.481 e. The topological polar surface area (TPSA) is 59.4 Å². The van der Waals surface area contributed by atoms with Gasteiger partial charge in [0.1, 0.15) is 0 Å². The molecule has 0 radical (unpaired) electrons. The van der Waals surface area contributed by atoms with Gasteiger partial charge in [-0.15, -0.1) is 0 Å². The van der Waals surface area contributed by atoms with E-state index < -0.39 is 18.0 Å². The number of carboxylic acid groups (broad SMARTS) is 1. The van der Waals surface area contributed by atoms with E-state index in [0.29, 0.717) is 13.0 Å². The molecule has 2 unspecified atom stereocenters. The van der Waals surface area contributed by atoms with Gasteiger partial charge in [0.2, 0.25) is 0 Å². The van der Waals surface area contributed by atoms with Crippen LogP contribution >= 0.6 is 15.9 Å². The highest BCUT2D eigenvalue weighted by molar-refractivity contribution is 9.10. The van der Waals surface area contributed by atoms with Crippen LogP contribution in [0.25, 0.3) is 10.9 Å². The third-order valence-corrected chi connectivity index (χ3v) is 4.15. The second-order valence-electron chi connectivity index (χ2n) is 4.56. The molecule has 3 rings (SSSR count). The van der Waals surface area contributed by atoms with Gasteiger partial charge in [-0.05, 0) is 18.6 Å². The maximum atomic E-state index is 11.3. The van der Waals surface area contributed by atoms with E-state index in [9.17, 15) is 9.90 Å². The van der Waals surface area contributed by atoms with Crippen molar-refractivity contribution < 1.29 is 14.6 Å². The summed E-state index contributed by atoms with van der Waals surface area (Å²) in [6.45, 7) is 0.478. The molecule has 1 fully saturated rings. The standard InChI is InChI=1S/C14H12BrNO3/c15-11-4-3-9(12-8(11)2-1-6-16-12)13-10(14(17)18)5-7-19-13/h1-4,6,10,13H,5,7H2,(H,17,18). The van der Waals surface area contributed by atoms with Gasteiger partial charge in [-0.2, -0.15) is 0 Å². The van der Waals surface area contributed by atoms with Gasteiger partial charge in [0, 0.05) is 28.2 Å². The van der Waals surface area contributed by atoms with E-state index in [1.54, 1.807) is 6.20 Å². The quantitative estimate of drug-likeness (QED) is 0.923. The van der Waals surface area contributed by atoms with Gasteiger partial charge in [-0.1, -0.05) is 28.1 Å². The molecule has 5 heteroatoms. The fourth-order valence-electron chi connectivity index (χ4n) is 2.54. The summed E-state index contributed by atoms with van der Waals surface area (Å²) < 4.78 is 6.57.